The second-order valence-electron chi connectivity index (χ2n) is 5.48. The molecule has 2 aromatic rings. The Balaban J connectivity index is 1.95. The van der Waals surface area contributed by atoms with E-state index in [2.05, 4.69) is 11.9 Å². The van der Waals surface area contributed by atoms with Crippen LogP contribution in [-0.4, -0.2) is 18.3 Å². The molecule has 25 heavy (non-hydrogen) atoms. The standard InChI is InChI=1S/C19H20F3NO2/c1-2-10-25-18-9-4-3-6-15(18)12-23-13-17(24)14-7-5-8-16(11-14)19(20,21)22/h2-9,11,17,23-24H,1,10,12-13H2. The van der Waals surface area contributed by atoms with Crippen LogP contribution in [0.25, 0.3) is 0 Å². The fourth-order valence-corrected chi connectivity index (χ4v) is 2.32. The van der Waals surface area contributed by atoms with Gasteiger partial charge in [-0.1, -0.05) is 43.0 Å². The summed E-state index contributed by atoms with van der Waals surface area (Å²) in [5.74, 6) is 0.698. The molecule has 0 aliphatic heterocycles. The summed E-state index contributed by atoms with van der Waals surface area (Å²) in [4.78, 5) is 0. The molecule has 0 radical (unpaired) electrons. The Morgan fingerprint density at radius 3 is 2.64 bits per heavy atom. The van der Waals surface area contributed by atoms with Gasteiger partial charge in [-0.2, -0.15) is 13.2 Å². The van der Waals surface area contributed by atoms with Crippen LogP contribution in [-0.2, 0) is 12.7 Å². The van der Waals surface area contributed by atoms with Gasteiger partial charge in [0, 0.05) is 18.7 Å². The Hall–Kier alpha value is -2.31. The van der Waals surface area contributed by atoms with Crippen molar-refractivity contribution in [3.63, 3.8) is 0 Å². The van der Waals surface area contributed by atoms with Crippen molar-refractivity contribution in [1.29, 1.82) is 0 Å². The normalized spacial score (nSPS) is 12.6. The van der Waals surface area contributed by atoms with Crippen LogP contribution in [0.4, 0.5) is 13.2 Å². The van der Waals surface area contributed by atoms with E-state index >= 15 is 0 Å². The largest absolute Gasteiger partial charge is 0.489 e. The fraction of sp³-hybridized carbons (Fsp3) is 0.263. The molecule has 0 aromatic heterocycles. The van der Waals surface area contributed by atoms with Gasteiger partial charge in [0.2, 0.25) is 0 Å². The summed E-state index contributed by atoms with van der Waals surface area (Å²) < 4.78 is 43.7. The Morgan fingerprint density at radius 2 is 1.92 bits per heavy atom. The number of para-hydroxylation sites is 1. The topological polar surface area (TPSA) is 41.5 Å². The Morgan fingerprint density at radius 1 is 1.16 bits per heavy atom. The smallest absolute Gasteiger partial charge is 0.416 e. The number of hydrogen-bond acceptors (Lipinski definition) is 3. The van der Waals surface area contributed by atoms with Crippen LogP contribution in [0, 0.1) is 0 Å². The predicted octanol–water partition coefficient (Wildman–Crippen LogP) is 4.09. The van der Waals surface area contributed by atoms with E-state index < -0.39 is 17.8 Å². The van der Waals surface area contributed by atoms with E-state index in [-0.39, 0.29) is 12.1 Å². The summed E-state index contributed by atoms with van der Waals surface area (Å²) in [6.45, 7) is 4.52. The van der Waals surface area contributed by atoms with Crippen LogP contribution >= 0.6 is 0 Å². The van der Waals surface area contributed by atoms with Gasteiger partial charge in [-0.15, -0.1) is 0 Å². The highest BCUT2D eigenvalue weighted by Crippen LogP contribution is 2.30. The summed E-state index contributed by atoms with van der Waals surface area (Å²) in [7, 11) is 0. The second-order valence-corrected chi connectivity index (χ2v) is 5.48. The number of aliphatic hydroxyl groups is 1. The maximum Gasteiger partial charge on any atom is 0.416 e. The third-order valence-corrected chi connectivity index (χ3v) is 3.58. The molecule has 134 valence electrons. The van der Waals surface area contributed by atoms with Crippen molar-refractivity contribution < 1.29 is 23.0 Å². The van der Waals surface area contributed by atoms with E-state index in [0.717, 1.165) is 17.7 Å². The highest BCUT2D eigenvalue weighted by atomic mass is 19.4. The lowest BCUT2D eigenvalue weighted by atomic mass is 10.1. The number of aliphatic hydroxyl groups excluding tert-OH is 1. The summed E-state index contributed by atoms with van der Waals surface area (Å²) in [6, 6.07) is 12.1. The van der Waals surface area contributed by atoms with Gasteiger partial charge in [0.25, 0.3) is 0 Å². The van der Waals surface area contributed by atoms with Gasteiger partial charge in [0.05, 0.1) is 11.7 Å². The van der Waals surface area contributed by atoms with Crippen molar-refractivity contribution in [3.05, 3.63) is 77.9 Å². The number of ether oxygens (including phenoxy) is 1. The van der Waals surface area contributed by atoms with Crippen molar-refractivity contribution in [2.45, 2.75) is 18.8 Å². The van der Waals surface area contributed by atoms with Crippen molar-refractivity contribution in [3.8, 4) is 5.75 Å². The molecular weight excluding hydrogens is 331 g/mol. The molecule has 0 aliphatic rings. The summed E-state index contributed by atoms with van der Waals surface area (Å²) in [5.41, 5.74) is 0.339. The molecule has 0 amide bonds. The average Bonchev–Trinajstić information content (AvgIpc) is 2.60. The number of benzene rings is 2. The van der Waals surface area contributed by atoms with Gasteiger partial charge in [0.15, 0.2) is 0 Å². The molecule has 2 N–H and O–H groups in total. The fourth-order valence-electron chi connectivity index (χ4n) is 2.32. The third kappa shape index (κ3) is 5.62. The van der Waals surface area contributed by atoms with E-state index in [1.807, 2.05) is 24.3 Å². The van der Waals surface area contributed by atoms with Crippen LogP contribution in [0.1, 0.15) is 22.8 Å². The number of alkyl halides is 3. The molecule has 1 atom stereocenters. The lowest BCUT2D eigenvalue weighted by Gasteiger charge is -2.15. The highest BCUT2D eigenvalue weighted by molar-refractivity contribution is 5.33. The van der Waals surface area contributed by atoms with Crippen LogP contribution in [0.15, 0.2) is 61.2 Å². The first-order valence-electron chi connectivity index (χ1n) is 7.79. The van der Waals surface area contributed by atoms with E-state index in [1.54, 1.807) is 6.08 Å². The third-order valence-electron chi connectivity index (χ3n) is 3.58. The Labute approximate surface area is 144 Å². The van der Waals surface area contributed by atoms with Crippen molar-refractivity contribution in [2.75, 3.05) is 13.2 Å². The molecule has 2 rings (SSSR count). The Bertz CT molecular complexity index is 701. The molecule has 3 nitrogen and oxygen atoms in total. The number of halogens is 3. The van der Waals surface area contributed by atoms with Crippen LogP contribution < -0.4 is 10.1 Å². The molecule has 6 heteroatoms. The zero-order valence-corrected chi connectivity index (χ0v) is 13.6. The number of nitrogens with one attached hydrogen (secondary N) is 1. The maximum atomic E-state index is 12.7. The molecular formula is C19H20F3NO2. The highest BCUT2D eigenvalue weighted by Gasteiger charge is 2.30. The zero-order valence-electron chi connectivity index (χ0n) is 13.6. The maximum absolute atomic E-state index is 12.7. The van der Waals surface area contributed by atoms with E-state index in [1.165, 1.54) is 12.1 Å². The van der Waals surface area contributed by atoms with Crippen molar-refractivity contribution in [1.82, 2.24) is 5.32 Å². The van der Waals surface area contributed by atoms with E-state index in [0.29, 0.717) is 18.9 Å². The number of hydrogen-bond donors (Lipinski definition) is 2. The summed E-state index contributed by atoms with van der Waals surface area (Å²) in [6.07, 6.45) is -3.82. The van der Waals surface area contributed by atoms with Crippen molar-refractivity contribution in [2.24, 2.45) is 0 Å². The molecule has 2 aromatic carbocycles. The first-order chi connectivity index (χ1) is 11.9. The van der Waals surface area contributed by atoms with Gasteiger partial charge in [-0.25, -0.2) is 0 Å². The Kier molecular flexibility index (Phi) is 6.61. The van der Waals surface area contributed by atoms with Gasteiger partial charge < -0.3 is 15.2 Å². The van der Waals surface area contributed by atoms with Gasteiger partial charge in [-0.3, -0.25) is 0 Å². The SMILES string of the molecule is C=CCOc1ccccc1CNCC(O)c1cccc(C(F)(F)F)c1. The van der Waals surface area contributed by atoms with Crippen LogP contribution in [0.3, 0.4) is 0 Å². The second kappa shape index (κ2) is 8.69. The number of rotatable bonds is 8. The van der Waals surface area contributed by atoms with Gasteiger partial charge in [-0.05, 0) is 23.8 Å². The van der Waals surface area contributed by atoms with Gasteiger partial charge in [0.1, 0.15) is 12.4 Å². The molecule has 0 heterocycles. The van der Waals surface area contributed by atoms with E-state index in [4.69, 9.17) is 4.74 Å². The lowest BCUT2D eigenvalue weighted by molar-refractivity contribution is -0.137. The summed E-state index contributed by atoms with van der Waals surface area (Å²) in [5, 5.41) is 13.2. The zero-order chi connectivity index (χ0) is 18.3. The van der Waals surface area contributed by atoms with E-state index in [9.17, 15) is 18.3 Å². The molecule has 0 aliphatic carbocycles. The first kappa shape index (κ1) is 19.0. The molecule has 0 bridgehead atoms. The summed E-state index contributed by atoms with van der Waals surface area (Å²) >= 11 is 0. The predicted molar refractivity (Wildman–Crippen MR) is 90.2 cm³/mol. The molecule has 0 saturated carbocycles. The van der Waals surface area contributed by atoms with Crippen LogP contribution in [0.5, 0.6) is 5.75 Å². The minimum absolute atomic E-state index is 0.122. The van der Waals surface area contributed by atoms with Crippen molar-refractivity contribution >= 4 is 0 Å². The molecule has 0 spiro atoms. The van der Waals surface area contributed by atoms with Gasteiger partial charge >= 0.3 is 6.18 Å². The molecule has 1 unspecified atom stereocenters. The average molecular weight is 351 g/mol. The lowest BCUT2D eigenvalue weighted by Crippen LogP contribution is -2.21. The minimum atomic E-state index is -4.43. The monoisotopic (exact) mass is 351 g/mol. The molecule has 0 fully saturated rings. The molecule has 0 saturated heterocycles. The minimum Gasteiger partial charge on any atom is -0.489 e. The first-order valence-corrected chi connectivity index (χ1v) is 7.79. The quantitative estimate of drug-likeness (QED) is 0.704. The van der Waals surface area contributed by atoms with Crippen LogP contribution in [0.2, 0.25) is 0 Å².